The van der Waals surface area contributed by atoms with Crippen molar-refractivity contribution in [2.45, 2.75) is 34.1 Å². The first kappa shape index (κ1) is 16.8. The summed E-state index contributed by atoms with van der Waals surface area (Å²) in [6, 6.07) is 6.72. The summed E-state index contributed by atoms with van der Waals surface area (Å²) in [5.74, 6) is 0.903. The Labute approximate surface area is 134 Å². The molecule has 0 spiro atoms. The van der Waals surface area contributed by atoms with Gasteiger partial charge in [-0.3, -0.25) is 4.99 Å². The Morgan fingerprint density at radius 3 is 2.41 bits per heavy atom. The Morgan fingerprint density at radius 1 is 1.18 bits per heavy atom. The van der Waals surface area contributed by atoms with Crippen molar-refractivity contribution in [3.8, 4) is 0 Å². The summed E-state index contributed by atoms with van der Waals surface area (Å²) in [5.41, 5.74) is 4.25. The Bertz CT molecular complexity index is 501. The third-order valence-electron chi connectivity index (χ3n) is 3.85. The highest BCUT2D eigenvalue weighted by Crippen LogP contribution is 2.26. The summed E-state index contributed by atoms with van der Waals surface area (Å²) < 4.78 is 5.28. The molecule has 0 bridgehead atoms. The van der Waals surface area contributed by atoms with Crippen LogP contribution in [0.1, 0.15) is 30.5 Å². The number of ether oxygens (including phenoxy) is 1. The minimum absolute atomic E-state index is 0.218. The van der Waals surface area contributed by atoms with Gasteiger partial charge in [-0.2, -0.15) is 0 Å². The number of nitrogens with one attached hydrogen (secondary N) is 2. The van der Waals surface area contributed by atoms with Gasteiger partial charge in [-0.1, -0.05) is 36.2 Å². The van der Waals surface area contributed by atoms with Gasteiger partial charge < -0.3 is 15.4 Å². The second-order valence-electron chi connectivity index (χ2n) is 6.67. The summed E-state index contributed by atoms with van der Waals surface area (Å²) in [4.78, 5) is 4.69. The molecule has 0 unspecified atom stereocenters. The van der Waals surface area contributed by atoms with Gasteiger partial charge >= 0.3 is 0 Å². The van der Waals surface area contributed by atoms with Crippen LogP contribution in [0.25, 0.3) is 0 Å². The SMILES string of the molecule is CCNC(=NCC1(C)COC1)NCCc1cc(C)cc(C)c1. The zero-order valence-electron chi connectivity index (χ0n) is 14.3. The molecule has 0 amide bonds. The third kappa shape index (κ3) is 5.02. The van der Waals surface area contributed by atoms with Crippen LogP contribution in [0.2, 0.25) is 0 Å². The van der Waals surface area contributed by atoms with Crippen LogP contribution in [0, 0.1) is 19.3 Å². The van der Waals surface area contributed by atoms with Gasteiger partial charge in [0, 0.05) is 18.5 Å². The molecule has 4 nitrogen and oxygen atoms in total. The van der Waals surface area contributed by atoms with Crippen LogP contribution < -0.4 is 10.6 Å². The average Bonchev–Trinajstić information content (AvgIpc) is 2.41. The maximum atomic E-state index is 5.28. The molecule has 2 rings (SSSR count). The first-order valence-corrected chi connectivity index (χ1v) is 8.18. The van der Waals surface area contributed by atoms with E-state index in [9.17, 15) is 0 Å². The predicted molar refractivity (Wildman–Crippen MR) is 92.5 cm³/mol. The van der Waals surface area contributed by atoms with Gasteiger partial charge in [0.2, 0.25) is 0 Å². The molecule has 1 aromatic carbocycles. The third-order valence-corrected chi connectivity index (χ3v) is 3.85. The van der Waals surface area contributed by atoms with E-state index in [-0.39, 0.29) is 5.41 Å². The van der Waals surface area contributed by atoms with Gasteiger partial charge in [-0.05, 0) is 32.8 Å². The van der Waals surface area contributed by atoms with Gasteiger partial charge in [0.1, 0.15) is 0 Å². The first-order valence-electron chi connectivity index (χ1n) is 8.18. The lowest BCUT2D eigenvalue weighted by atomic mass is 9.89. The lowest BCUT2D eigenvalue weighted by molar-refractivity contribution is -0.0945. The second-order valence-corrected chi connectivity index (χ2v) is 6.67. The van der Waals surface area contributed by atoms with Crippen LogP contribution >= 0.6 is 0 Å². The average molecular weight is 303 g/mol. The van der Waals surface area contributed by atoms with Crippen molar-refractivity contribution in [1.29, 1.82) is 0 Å². The van der Waals surface area contributed by atoms with E-state index >= 15 is 0 Å². The fourth-order valence-corrected chi connectivity index (χ4v) is 2.69. The molecule has 1 heterocycles. The maximum Gasteiger partial charge on any atom is 0.191 e. The number of nitrogens with zero attached hydrogens (tertiary/aromatic N) is 1. The van der Waals surface area contributed by atoms with Crippen LogP contribution in [-0.4, -0.2) is 38.8 Å². The highest BCUT2D eigenvalue weighted by atomic mass is 16.5. The highest BCUT2D eigenvalue weighted by Gasteiger charge is 2.33. The van der Waals surface area contributed by atoms with E-state index in [1.165, 1.54) is 16.7 Å². The summed E-state index contributed by atoms with van der Waals surface area (Å²) >= 11 is 0. The monoisotopic (exact) mass is 303 g/mol. The number of rotatable bonds is 6. The Morgan fingerprint density at radius 2 is 1.86 bits per heavy atom. The number of benzene rings is 1. The van der Waals surface area contributed by atoms with Crippen molar-refractivity contribution in [1.82, 2.24) is 10.6 Å². The fraction of sp³-hybridized carbons (Fsp3) is 0.611. The van der Waals surface area contributed by atoms with Crippen molar-refractivity contribution in [2.75, 3.05) is 32.8 Å². The van der Waals surface area contributed by atoms with Crippen LogP contribution in [-0.2, 0) is 11.2 Å². The van der Waals surface area contributed by atoms with Gasteiger partial charge in [-0.15, -0.1) is 0 Å². The molecule has 0 radical (unpaired) electrons. The van der Waals surface area contributed by atoms with E-state index in [4.69, 9.17) is 4.74 Å². The number of guanidine groups is 1. The molecule has 0 atom stereocenters. The van der Waals surface area contributed by atoms with E-state index in [2.05, 4.69) is 61.5 Å². The summed E-state index contributed by atoms with van der Waals surface area (Å²) in [6.07, 6.45) is 1.01. The first-order chi connectivity index (χ1) is 10.5. The van der Waals surface area contributed by atoms with E-state index in [0.29, 0.717) is 0 Å². The topological polar surface area (TPSA) is 45.7 Å². The second kappa shape index (κ2) is 7.63. The summed E-state index contributed by atoms with van der Waals surface area (Å²) in [5, 5.41) is 6.74. The van der Waals surface area contributed by atoms with Crippen molar-refractivity contribution >= 4 is 5.96 Å². The smallest absolute Gasteiger partial charge is 0.191 e. The summed E-state index contributed by atoms with van der Waals surface area (Å²) in [7, 11) is 0. The quantitative estimate of drug-likeness (QED) is 0.627. The normalized spacial score (nSPS) is 17.0. The Hall–Kier alpha value is -1.55. The van der Waals surface area contributed by atoms with Crippen LogP contribution in [0.4, 0.5) is 0 Å². The van der Waals surface area contributed by atoms with Crippen molar-refractivity contribution in [2.24, 2.45) is 10.4 Å². The van der Waals surface area contributed by atoms with Crippen LogP contribution in [0.15, 0.2) is 23.2 Å². The van der Waals surface area contributed by atoms with Crippen molar-refractivity contribution in [3.05, 3.63) is 34.9 Å². The van der Waals surface area contributed by atoms with E-state index in [0.717, 1.165) is 45.2 Å². The zero-order chi connectivity index (χ0) is 16.0. The van der Waals surface area contributed by atoms with Crippen LogP contribution in [0.5, 0.6) is 0 Å². The largest absolute Gasteiger partial charge is 0.380 e. The molecule has 0 aromatic heterocycles. The molecule has 4 heteroatoms. The van der Waals surface area contributed by atoms with E-state index < -0.39 is 0 Å². The van der Waals surface area contributed by atoms with Gasteiger partial charge in [0.05, 0.1) is 19.8 Å². The minimum Gasteiger partial charge on any atom is -0.380 e. The molecule has 1 aromatic rings. The summed E-state index contributed by atoms with van der Waals surface area (Å²) in [6.45, 7) is 12.8. The molecule has 1 aliphatic heterocycles. The molecule has 22 heavy (non-hydrogen) atoms. The Kier molecular flexibility index (Phi) is 5.83. The fourth-order valence-electron chi connectivity index (χ4n) is 2.69. The molecule has 0 saturated carbocycles. The lowest BCUT2D eigenvalue weighted by Crippen LogP contribution is -2.44. The molecular weight excluding hydrogens is 274 g/mol. The van der Waals surface area contributed by atoms with Gasteiger partial charge in [0.25, 0.3) is 0 Å². The molecule has 1 fully saturated rings. The number of aliphatic imine (C=N–C) groups is 1. The molecule has 1 aliphatic rings. The number of aryl methyl sites for hydroxylation is 2. The molecule has 122 valence electrons. The predicted octanol–water partition coefficient (Wildman–Crippen LogP) is 2.44. The van der Waals surface area contributed by atoms with Gasteiger partial charge in [-0.25, -0.2) is 0 Å². The number of hydrogen-bond acceptors (Lipinski definition) is 2. The highest BCUT2D eigenvalue weighted by molar-refractivity contribution is 5.79. The maximum absolute atomic E-state index is 5.28. The molecule has 1 saturated heterocycles. The van der Waals surface area contributed by atoms with Gasteiger partial charge in [0.15, 0.2) is 5.96 Å². The molecular formula is C18H29N3O. The molecule has 0 aliphatic carbocycles. The Balaban J connectivity index is 1.84. The lowest BCUT2D eigenvalue weighted by Gasteiger charge is -2.36. The standard InChI is InChI=1S/C18H29N3O/c1-5-19-17(21-11-18(4)12-22-13-18)20-7-6-16-9-14(2)8-15(3)10-16/h8-10H,5-7,11-13H2,1-4H3,(H2,19,20,21). The zero-order valence-corrected chi connectivity index (χ0v) is 14.3. The van der Waals surface area contributed by atoms with E-state index in [1.807, 2.05) is 0 Å². The van der Waals surface area contributed by atoms with Crippen molar-refractivity contribution in [3.63, 3.8) is 0 Å². The van der Waals surface area contributed by atoms with Crippen molar-refractivity contribution < 1.29 is 4.74 Å². The van der Waals surface area contributed by atoms with Crippen LogP contribution in [0.3, 0.4) is 0 Å². The number of hydrogen-bond donors (Lipinski definition) is 2. The minimum atomic E-state index is 0.218. The molecule has 2 N–H and O–H groups in total. The van der Waals surface area contributed by atoms with E-state index in [1.54, 1.807) is 0 Å².